The number of rotatable bonds is 11. The van der Waals surface area contributed by atoms with Gasteiger partial charge in [-0.05, 0) is 57.7 Å². The van der Waals surface area contributed by atoms with Crippen molar-refractivity contribution in [2.45, 2.75) is 114 Å². The minimum absolute atomic E-state index is 0.0761. The van der Waals surface area contributed by atoms with Crippen molar-refractivity contribution in [3.8, 4) is 5.75 Å². The van der Waals surface area contributed by atoms with Gasteiger partial charge in [-0.2, -0.15) is 0 Å². The van der Waals surface area contributed by atoms with Crippen molar-refractivity contribution in [1.82, 2.24) is 15.1 Å². The van der Waals surface area contributed by atoms with Crippen LogP contribution in [-0.2, 0) is 49.3 Å². The number of imide groups is 1. The smallest absolute Gasteiger partial charge is 0.409 e. The van der Waals surface area contributed by atoms with Gasteiger partial charge in [-0.15, -0.1) is 0 Å². The number of esters is 1. The van der Waals surface area contributed by atoms with E-state index in [2.05, 4.69) is 5.32 Å². The Morgan fingerprint density at radius 3 is 2.47 bits per heavy atom. The Bertz CT molecular complexity index is 1900. The van der Waals surface area contributed by atoms with E-state index in [4.69, 9.17) is 35.3 Å². The van der Waals surface area contributed by atoms with Crippen LogP contribution in [0.1, 0.15) is 71.8 Å². The highest BCUT2D eigenvalue weighted by Crippen LogP contribution is 2.49. The largest absolute Gasteiger partial charge is 0.495 e. The van der Waals surface area contributed by atoms with Gasteiger partial charge in [0.05, 0.1) is 25.3 Å². The maximum absolute atomic E-state index is 14.2. The maximum atomic E-state index is 14.2. The number of epoxide rings is 1. The Morgan fingerprint density at radius 1 is 1.12 bits per heavy atom. The van der Waals surface area contributed by atoms with Crippen LogP contribution in [0.25, 0.3) is 0 Å². The van der Waals surface area contributed by atoms with Gasteiger partial charge in [0, 0.05) is 58.7 Å². The first-order valence-electron chi connectivity index (χ1n) is 19.7. The summed E-state index contributed by atoms with van der Waals surface area (Å²) in [5, 5.41) is 14.5. The summed E-state index contributed by atoms with van der Waals surface area (Å²) in [6, 6.07) is 2.50. The molecule has 4 bridgehead atoms. The molecule has 1 unspecified atom stereocenters. The van der Waals surface area contributed by atoms with E-state index in [9.17, 15) is 33.9 Å². The number of halogens is 1. The molecule has 0 aliphatic carbocycles. The number of benzene rings is 1. The number of aliphatic hydroxyl groups is 1. The van der Waals surface area contributed by atoms with E-state index in [0.717, 1.165) is 16.0 Å². The predicted molar refractivity (Wildman–Crippen MR) is 215 cm³/mol. The van der Waals surface area contributed by atoms with E-state index in [-0.39, 0.29) is 48.6 Å². The molecule has 0 spiro atoms. The first-order valence-corrected chi connectivity index (χ1v) is 20.1. The fraction of sp³-hybridized carbons (Fsp3) is 0.571. The number of methoxy groups -OCH3 is 2. The molecule has 8 atom stereocenters. The molecular formula is C42H55ClN4O12. The van der Waals surface area contributed by atoms with E-state index in [0.29, 0.717) is 37.1 Å². The van der Waals surface area contributed by atoms with E-state index in [1.165, 1.54) is 50.1 Å². The highest BCUT2D eigenvalue weighted by molar-refractivity contribution is 6.35. The van der Waals surface area contributed by atoms with Crippen molar-refractivity contribution in [2.75, 3.05) is 39.8 Å². The van der Waals surface area contributed by atoms with Gasteiger partial charge in [0.25, 0.3) is 11.8 Å². The van der Waals surface area contributed by atoms with E-state index >= 15 is 0 Å². The van der Waals surface area contributed by atoms with Crippen LogP contribution in [0, 0.1) is 5.92 Å². The zero-order valence-corrected chi connectivity index (χ0v) is 35.6. The quantitative estimate of drug-likeness (QED) is 0.141. The molecule has 2 fully saturated rings. The molecule has 0 aromatic heterocycles. The van der Waals surface area contributed by atoms with E-state index in [1.54, 1.807) is 45.2 Å². The number of anilines is 1. The highest BCUT2D eigenvalue weighted by atomic mass is 35.5. The number of allylic oxidation sites excluding steroid dienone is 3. The number of fused-ring (bicyclic) bond motifs is 5. The van der Waals surface area contributed by atoms with Crippen LogP contribution in [0.3, 0.4) is 0 Å². The second-order valence-electron chi connectivity index (χ2n) is 15.9. The van der Waals surface area contributed by atoms with Gasteiger partial charge in [-0.3, -0.25) is 29.4 Å². The molecule has 16 nitrogen and oxygen atoms in total. The lowest BCUT2D eigenvalue weighted by Gasteiger charge is -2.42. The molecule has 17 heteroatoms. The minimum Gasteiger partial charge on any atom is -0.495 e. The van der Waals surface area contributed by atoms with Gasteiger partial charge >= 0.3 is 12.1 Å². The van der Waals surface area contributed by atoms with Gasteiger partial charge in [-0.1, -0.05) is 48.7 Å². The summed E-state index contributed by atoms with van der Waals surface area (Å²) in [4.78, 5) is 81.6. The molecule has 4 aliphatic heterocycles. The molecule has 1 aromatic carbocycles. The number of hydrogen-bond acceptors (Lipinski definition) is 12. The first kappa shape index (κ1) is 45.3. The van der Waals surface area contributed by atoms with Crippen LogP contribution >= 0.6 is 11.6 Å². The Labute approximate surface area is 349 Å². The minimum atomic E-state index is -1.85. The summed E-state index contributed by atoms with van der Waals surface area (Å²) in [6.45, 7) is 7.16. The Balaban J connectivity index is 1.39. The predicted octanol–water partition coefficient (Wildman–Crippen LogP) is 4.00. The summed E-state index contributed by atoms with van der Waals surface area (Å²) >= 11 is 6.77. The number of carbonyl (C=O) groups is 6. The fourth-order valence-electron chi connectivity index (χ4n) is 7.77. The molecule has 0 saturated carbocycles. The Hall–Kier alpha value is -4.77. The van der Waals surface area contributed by atoms with Crippen LogP contribution < -0.4 is 15.0 Å². The third kappa shape index (κ3) is 10.2. The van der Waals surface area contributed by atoms with Crippen LogP contribution in [0.5, 0.6) is 5.75 Å². The average molecular weight is 843 g/mol. The number of nitrogens with one attached hydrogen (secondary N) is 1. The van der Waals surface area contributed by atoms with Crippen molar-refractivity contribution in [2.24, 2.45) is 5.92 Å². The van der Waals surface area contributed by atoms with Gasteiger partial charge in [0.2, 0.25) is 11.8 Å². The van der Waals surface area contributed by atoms with Crippen LogP contribution in [-0.4, -0.2) is 127 Å². The zero-order chi connectivity index (χ0) is 43.4. The van der Waals surface area contributed by atoms with Crippen LogP contribution in [0.4, 0.5) is 10.5 Å². The summed E-state index contributed by atoms with van der Waals surface area (Å²) in [5.74, 6) is -2.49. The number of nitrogens with zero attached hydrogens (tertiary/aromatic N) is 3. The van der Waals surface area contributed by atoms with Crippen LogP contribution in [0.2, 0.25) is 5.02 Å². The molecule has 2 saturated heterocycles. The van der Waals surface area contributed by atoms with E-state index < -0.39 is 65.7 Å². The molecular weight excluding hydrogens is 788 g/mol. The zero-order valence-electron chi connectivity index (χ0n) is 34.8. The Morgan fingerprint density at radius 2 is 1.81 bits per heavy atom. The van der Waals surface area contributed by atoms with Crippen molar-refractivity contribution in [3.63, 3.8) is 0 Å². The third-order valence-electron chi connectivity index (χ3n) is 11.7. The molecule has 4 heterocycles. The molecule has 4 aliphatic rings. The molecule has 59 heavy (non-hydrogen) atoms. The number of unbranched alkanes of at least 4 members (excludes halogenated alkanes) is 2. The molecule has 2 N–H and O–H groups in total. The lowest BCUT2D eigenvalue weighted by Crippen LogP contribution is -2.63. The second-order valence-corrected chi connectivity index (χ2v) is 16.3. The topological polar surface area (TPSA) is 194 Å². The number of likely N-dealkylation sites (N-methyl/N-ethyl adjacent to an activating group) is 1. The van der Waals surface area contributed by atoms with Crippen molar-refractivity contribution in [3.05, 3.63) is 58.7 Å². The number of alkyl carbamates (subject to hydrolysis) is 1. The number of ether oxygens (including phenoxy) is 5. The molecule has 5 rings (SSSR count). The SMILES string of the molecule is COc1cc2cc(c1Cl)N(C)C(=O)C[C@H](OC(=O)[C@@H](C)N(C)C(=O)CCCCCN1C(=O)C=CC1=O)[C@]1(C)O[C@H]1C(C)[C@@H]1C[C@@](O)(NC(=O)O1)[C@H](OC)/C=C/C=C(\C)C2. The normalized spacial score (nSPS) is 30.4. The third-order valence-corrected chi connectivity index (χ3v) is 12.1. The Kier molecular flexibility index (Phi) is 14.3. The summed E-state index contributed by atoms with van der Waals surface area (Å²) in [5.41, 5.74) is -1.05. The lowest BCUT2D eigenvalue weighted by atomic mass is 9.83. The maximum Gasteiger partial charge on any atom is 0.409 e. The van der Waals surface area contributed by atoms with Gasteiger partial charge < -0.3 is 38.6 Å². The number of amides is 5. The summed E-state index contributed by atoms with van der Waals surface area (Å²) < 4.78 is 29.3. The lowest BCUT2D eigenvalue weighted by molar-refractivity contribution is -0.162. The van der Waals surface area contributed by atoms with Gasteiger partial charge in [0.1, 0.15) is 40.7 Å². The van der Waals surface area contributed by atoms with Gasteiger partial charge in [0.15, 0.2) is 5.72 Å². The molecule has 1 aromatic rings. The summed E-state index contributed by atoms with van der Waals surface area (Å²) in [6.07, 6.45) is 4.78. The monoisotopic (exact) mass is 842 g/mol. The number of hydrogen-bond donors (Lipinski definition) is 2. The molecule has 5 amide bonds. The first-order chi connectivity index (χ1) is 27.8. The fourth-order valence-corrected chi connectivity index (χ4v) is 8.08. The highest BCUT2D eigenvalue weighted by Gasteiger charge is 2.64. The standard InChI is InChI=1S/C42H55ClN4O12/c1-24-13-12-14-31(56-8)42(54)23-30(57-40(53)44-42)25(2)38-41(4,59-38)32(22-36(51)46(6)28-20-27(19-24)21-29(55-7)37(28)43)58-39(52)26(3)45(5)33(48)15-10-9-11-18-47-34(49)16-17-35(47)50/h12-14,16-17,20-21,25-26,30-32,38,54H,9-11,15,18-19,22-23H2,1-8H3,(H,44,53)/b14-12+,24-13+/t25?,26-,30+,31-,32+,38+,41+,42+/m1/s1. The second kappa shape index (κ2) is 18.7. The van der Waals surface area contributed by atoms with Gasteiger partial charge in [-0.25, -0.2) is 9.59 Å². The average Bonchev–Trinajstić information content (AvgIpc) is 3.79. The number of carbonyl (C=O) groups excluding carboxylic acids is 6. The van der Waals surface area contributed by atoms with Crippen LogP contribution in [0.15, 0.2) is 48.1 Å². The molecule has 322 valence electrons. The van der Waals surface area contributed by atoms with Crippen molar-refractivity contribution in [1.29, 1.82) is 0 Å². The molecule has 0 radical (unpaired) electrons. The van der Waals surface area contributed by atoms with E-state index in [1.807, 2.05) is 13.0 Å². The van der Waals surface area contributed by atoms with Crippen molar-refractivity contribution >= 4 is 53.0 Å². The van der Waals surface area contributed by atoms with Crippen molar-refractivity contribution < 1.29 is 57.6 Å². The summed E-state index contributed by atoms with van der Waals surface area (Å²) in [7, 11) is 5.94.